The van der Waals surface area contributed by atoms with Crippen LogP contribution < -0.4 is 10.6 Å². The van der Waals surface area contributed by atoms with Gasteiger partial charge in [0.05, 0.1) is 23.8 Å². The van der Waals surface area contributed by atoms with Crippen LogP contribution in [0.15, 0.2) is 59.1 Å². The van der Waals surface area contributed by atoms with Crippen molar-refractivity contribution in [1.29, 1.82) is 0 Å². The van der Waals surface area contributed by atoms with Crippen molar-refractivity contribution in [2.45, 2.75) is 50.2 Å². The average Bonchev–Trinajstić information content (AvgIpc) is 3.47. The van der Waals surface area contributed by atoms with E-state index in [1.807, 2.05) is 42.3 Å². The van der Waals surface area contributed by atoms with Crippen molar-refractivity contribution in [3.63, 3.8) is 0 Å². The number of nitrogens with zero attached hydrogens (tertiary/aromatic N) is 4. The molecule has 0 spiro atoms. The first-order chi connectivity index (χ1) is 19.7. The van der Waals surface area contributed by atoms with Gasteiger partial charge in [-0.25, -0.2) is 4.39 Å². The molecule has 1 amide bonds. The van der Waals surface area contributed by atoms with Gasteiger partial charge in [-0.15, -0.1) is 0 Å². The van der Waals surface area contributed by atoms with Crippen LogP contribution >= 0.6 is 0 Å². The van der Waals surface area contributed by atoms with E-state index in [1.165, 1.54) is 0 Å². The molecule has 2 aliphatic rings. The number of fused-ring (bicyclic) bond motifs is 1. The summed E-state index contributed by atoms with van der Waals surface area (Å²) in [6.07, 6.45) is -4.31. The second-order valence-corrected chi connectivity index (χ2v) is 10.9. The zero-order chi connectivity index (χ0) is 28.7. The zero-order valence-corrected chi connectivity index (χ0v) is 22.4. The zero-order valence-electron chi connectivity index (χ0n) is 22.4. The highest BCUT2D eigenvalue weighted by Crippen LogP contribution is 2.47. The number of nitrogens with one attached hydrogen (secondary N) is 2. The summed E-state index contributed by atoms with van der Waals surface area (Å²) in [5.74, 6) is -0.0671. The number of aromatic nitrogens is 3. The van der Waals surface area contributed by atoms with Crippen LogP contribution in [0.4, 0.5) is 23.2 Å². The van der Waals surface area contributed by atoms with Crippen molar-refractivity contribution in [2.75, 3.05) is 25.5 Å². The van der Waals surface area contributed by atoms with E-state index >= 15 is 0 Å². The van der Waals surface area contributed by atoms with Crippen molar-refractivity contribution in [1.82, 2.24) is 24.9 Å². The first kappa shape index (κ1) is 27.3. The molecule has 1 aliphatic carbocycles. The fourth-order valence-electron chi connectivity index (χ4n) is 5.64. The van der Waals surface area contributed by atoms with Gasteiger partial charge in [0, 0.05) is 30.1 Å². The van der Waals surface area contributed by atoms with Gasteiger partial charge >= 0.3 is 6.18 Å². The lowest BCUT2D eigenvalue weighted by Crippen LogP contribution is -2.46. The lowest BCUT2D eigenvalue weighted by Gasteiger charge is -2.33. The highest BCUT2D eigenvalue weighted by atomic mass is 19.4. The molecule has 0 radical (unpaired) electrons. The number of carbonyl (C=O) groups is 1. The summed E-state index contributed by atoms with van der Waals surface area (Å²) in [5, 5.41) is 10.4. The first-order valence-electron chi connectivity index (χ1n) is 13.6. The maximum atomic E-state index is 14.7. The van der Waals surface area contributed by atoms with Crippen molar-refractivity contribution in [3.05, 3.63) is 66.1 Å². The molecule has 12 heteroatoms. The van der Waals surface area contributed by atoms with Crippen LogP contribution in [-0.4, -0.2) is 64.0 Å². The van der Waals surface area contributed by atoms with Gasteiger partial charge < -0.3 is 24.6 Å². The highest BCUT2D eigenvalue weighted by Gasteiger charge is 2.43. The number of rotatable bonds is 8. The maximum absolute atomic E-state index is 14.7. The molecule has 4 atom stereocenters. The SMILES string of the molecule is CN1CCC(Nc2cccc3c2cc(-c2noc(CNC(=O)[C@@H]4C[C@H]4c4ccccc4)n2)n3CC(F)(F)F)C(F)C1. The third-order valence-electron chi connectivity index (χ3n) is 7.83. The van der Waals surface area contributed by atoms with Gasteiger partial charge in [0.15, 0.2) is 0 Å². The lowest BCUT2D eigenvalue weighted by molar-refractivity contribution is -0.139. The monoisotopic (exact) mass is 570 g/mol. The van der Waals surface area contributed by atoms with E-state index in [1.54, 1.807) is 24.3 Å². The molecule has 8 nitrogen and oxygen atoms in total. The van der Waals surface area contributed by atoms with E-state index in [0.717, 1.165) is 16.6 Å². The maximum Gasteiger partial charge on any atom is 0.406 e. The van der Waals surface area contributed by atoms with Gasteiger partial charge in [-0.3, -0.25) is 4.79 Å². The van der Waals surface area contributed by atoms with E-state index in [-0.39, 0.29) is 48.2 Å². The molecule has 1 aliphatic heterocycles. The summed E-state index contributed by atoms with van der Waals surface area (Å²) in [5.41, 5.74) is 2.07. The van der Waals surface area contributed by atoms with Crippen LogP contribution in [0.25, 0.3) is 22.4 Å². The van der Waals surface area contributed by atoms with Gasteiger partial charge in [-0.2, -0.15) is 18.2 Å². The quantitative estimate of drug-likeness (QED) is 0.286. The predicted octanol–water partition coefficient (Wildman–Crippen LogP) is 5.13. The molecule has 2 N–H and O–H groups in total. The number of anilines is 1. The number of hydrogen-bond donors (Lipinski definition) is 2. The number of alkyl halides is 4. The highest BCUT2D eigenvalue weighted by molar-refractivity contribution is 5.96. The second kappa shape index (κ2) is 10.8. The number of piperidine rings is 1. The van der Waals surface area contributed by atoms with Crippen molar-refractivity contribution in [3.8, 4) is 11.5 Å². The molecule has 3 heterocycles. The Morgan fingerprint density at radius 1 is 1.15 bits per heavy atom. The normalized spacial score (nSPS) is 23.0. The van der Waals surface area contributed by atoms with E-state index < -0.39 is 24.9 Å². The van der Waals surface area contributed by atoms with E-state index in [2.05, 4.69) is 20.8 Å². The molecule has 4 aromatic rings. The summed E-state index contributed by atoms with van der Waals surface area (Å²) in [4.78, 5) is 18.8. The number of amides is 1. The third-order valence-corrected chi connectivity index (χ3v) is 7.83. The molecule has 2 unspecified atom stereocenters. The topological polar surface area (TPSA) is 88.2 Å². The first-order valence-corrected chi connectivity index (χ1v) is 13.6. The Morgan fingerprint density at radius 2 is 1.95 bits per heavy atom. The van der Waals surface area contributed by atoms with Gasteiger partial charge in [-0.1, -0.05) is 41.6 Å². The molecule has 2 fully saturated rings. The van der Waals surface area contributed by atoms with Crippen LogP contribution in [0.3, 0.4) is 0 Å². The summed E-state index contributed by atoms with van der Waals surface area (Å²) in [6.45, 7) is -0.309. The molecular formula is C29H30F4N6O2. The average molecular weight is 571 g/mol. The predicted molar refractivity (Wildman–Crippen MR) is 145 cm³/mol. The molecule has 41 heavy (non-hydrogen) atoms. The molecule has 1 saturated carbocycles. The van der Waals surface area contributed by atoms with Gasteiger partial charge in [0.2, 0.25) is 17.6 Å². The molecular weight excluding hydrogens is 540 g/mol. The lowest BCUT2D eigenvalue weighted by atomic mass is 10.0. The Balaban J connectivity index is 1.22. The van der Waals surface area contributed by atoms with Crippen molar-refractivity contribution in [2.24, 2.45) is 5.92 Å². The number of benzene rings is 2. The minimum atomic E-state index is -4.51. The van der Waals surface area contributed by atoms with Crippen LogP contribution in [0, 0.1) is 5.92 Å². The smallest absolute Gasteiger partial charge is 0.379 e. The molecule has 216 valence electrons. The third kappa shape index (κ3) is 5.92. The summed E-state index contributed by atoms with van der Waals surface area (Å²) in [6, 6.07) is 15.8. The fourth-order valence-corrected chi connectivity index (χ4v) is 5.64. The summed E-state index contributed by atoms with van der Waals surface area (Å²) >= 11 is 0. The number of halogens is 4. The van der Waals surface area contributed by atoms with Gasteiger partial charge in [0.25, 0.3) is 0 Å². The number of hydrogen-bond acceptors (Lipinski definition) is 6. The molecule has 1 saturated heterocycles. The van der Waals surface area contributed by atoms with Crippen LogP contribution in [0.2, 0.25) is 0 Å². The Kier molecular flexibility index (Phi) is 7.18. The van der Waals surface area contributed by atoms with Gasteiger partial charge in [0.1, 0.15) is 12.7 Å². The fraction of sp³-hybridized carbons (Fsp3) is 0.414. The Labute approximate surface area is 233 Å². The van der Waals surface area contributed by atoms with E-state index in [4.69, 9.17) is 4.52 Å². The van der Waals surface area contributed by atoms with Gasteiger partial charge in [-0.05, 0) is 49.6 Å². The number of likely N-dealkylation sites (tertiary alicyclic amines) is 1. The minimum absolute atomic E-state index is 0.0307. The van der Waals surface area contributed by atoms with E-state index in [0.29, 0.717) is 29.6 Å². The van der Waals surface area contributed by atoms with Crippen LogP contribution in [0.5, 0.6) is 0 Å². The molecule has 2 aromatic carbocycles. The molecule has 0 bridgehead atoms. The van der Waals surface area contributed by atoms with Crippen molar-refractivity contribution >= 4 is 22.5 Å². The van der Waals surface area contributed by atoms with Crippen LogP contribution in [0.1, 0.15) is 30.2 Å². The van der Waals surface area contributed by atoms with Crippen molar-refractivity contribution < 1.29 is 26.9 Å². The standard InChI is InChI=1S/C29H30F4N6O2/c1-38-11-10-23(21(30)15-38)35-22-8-5-9-24-20(22)13-25(39(24)16-29(31,32)33)27-36-26(41-37-27)14-34-28(40)19-12-18(19)17-6-3-2-4-7-17/h2-9,13,18-19,21,23,35H,10-12,14-16H2,1H3,(H,34,40)/t18-,19+,21?,23?/m0/s1. The molecule has 6 rings (SSSR count). The second-order valence-electron chi connectivity index (χ2n) is 10.9. The van der Waals surface area contributed by atoms with Crippen LogP contribution in [-0.2, 0) is 17.9 Å². The Hall–Kier alpha value is -3.93. The summed E-state index contributed by atoms with van der Waals surface area (Å²) < 4.78 is 62.1. The minimum Gasteiger partial charge on any atom is -0.379 e. The molecule has 2 aromatic heterocycles. The summed E-state index contributed by atoms with van der Waals surface area (Å²) in [7, 11) is 1.85. The number of carbonyl (C=O) groups excluding carboxylic acids is 1. The Bertz CT molecular complexity index is 1540. The Morgan fingerprint density at radius 3 is 2.71 bits per heavy atom. The largest absolute Gasteiger partial charge is 0.406 e. The van der Waals surface area contributed by atoms with E-state index in [9.17, 15) is 22.4 Å².